The van der Waals surface area contributed by atoms with E-state index in [1.165, 1.54) is 11.8 Å². The van der Waals surface area contributed by atoms with Gasteiger partial charge in [0.1, 0.15) is 10.8 Å². The van der Waals surface area contributed by atoms with Crippen LogP contribution in [0.2, 0.25) is 0 Å². The van der Waals surface area contributed by atoms with Gasteiger partial charge in [-0.15, -0.1) is 0 Å². The van der Waals surface area contributed by atoms with E-state index in [2.05, 4.69) is 15.0 Å². The van der Waals surface area contributed by atoms with Crippen LogP contribution >= 0.6 is 11.8 Å². The van der Waals surface area contributed by atoms with E-state index >= 15 is 0 Å². The fourth-order valence-corrected chi connectivity index (χ4v) is 2.87. The fourth-order valence-electron chi connectivity index (χ4n) is 2.05. The zero-order valence-electron chi connectivity index (χ0n) is 11.9. The summed E-state index contributed by atoms with van der Waals surface area (Å²) in [5.74, 6) is 0.840. The van der Waals surface area contributed by atoms with E-state index in [9.17, 15) is 0 Å². The van der Waals surface area contributed by atoms with Crippen molar-refractivity contribution in [1.82, 2.24) is 15.0 Å². The van der Waals surface area contributed by atoms with Gasteiger partial charge in [-0.3, -0.25) is 0 Å². The Labute approximate surface area is 126 Å². The highest BCUT2D eigenvalue weighted by atomic mass is 32.2. The molecule has 3 N–H and O–H groups in total. The van der Waals surface area contributed by atoms with Crippen LogP contribution in [0.25, 0.3) is 11.0 Å². The predicted molar refractivity (Wildman–Crippen MR) is 84.8 cm³/mol. The largest absolute Gasteiger partial charge is 0.494 e. The van der Waals surface area contributed by atoms with E-state index < -0.39 is 0 Å². The Morgan fingerprint density at radius 1 is 1.33 bits per heavy atom. The van der Waals surface area contributed by atoms with Crippen LogP contribution in [-0.2, 0) is 0 Å². The number of nitrogens with zero attached hydrogens (tertiary/aromatic N) is 2. The number of anilines is 1. The Morgan fingerprint density at radius 2 is 2.19 bits per heavy atom. The minimum absolute atomic E-state index is 0.649. The highest BCUT2D eigenvalue weighted by molar-refractivity contribution is 7.99. The number of nitrogens with two attached hydrogens (primary N) is 1. The van der Waals surface area contributed by atoms with E-state index in [1.54, 1.807) is 6.20 Å². The summed E-state index contributed by atoms with van der Waals surface area (Å²) in [6.07, 6.45) is 1.66. The maximum atomic E-state index is 5.72. The molecule has 2 heterocycles. The molecule has 21 heavy (non-hydrogen) atoms. The summed E-state index contributed by atoms with van der Waals surface area (Å²) in [6, 6.07) is 7.74. The number of aromatic nitrogens is 3. The van der Waals surface area contributed by atoms with Gasteiger partial charge in [-0.1, -0.05) is 0 Å². The highest BCUT2D eigenvalue weighted by Gasteiger charge is 2.09. The molecule has 6 heteroatoms. The van der Waals surface area contributed by atoms with Crippen molar-refractivity contribution in [2.45, 2.75) is 24.0 Å². The molecule has 0 saturated heterocycles. The topological polar surface area (TPSA) is 76.8 Å². The van der Waals surface area contributed by atoms with Crippen LogP contribution in [0.3, 0.4) is 0 Å². The number of H-pyrrole nitrogens is 1. The van der Waals surface area contributed by atoms with E-state index in [-0.39, 0.29) is 0 Å². The lowest BCUT2D eigenvalue weighted by Crippen LogP contribution is -1.91. The summed E-state index contributed by atoms with van der Waals surface area (Å²) in [5.41, 5.74) is 9.29. The van der Waals surface area contributed by atoms with Gasteiger partial charge in [-0.05, 0) is 49.4 Å². The quantitative estimate of drug-likeness (QED) is 0.772. The first-order chi connectivity index (χ1) is 10.2. The number of aryl methyl sites for hydroxylation is 1. The molecular formula is C15H16N4OS. The monoisotopic (exact) mass is 300 g/mol. The number of benzene rings is 1. The molecule has 0 aliphatic rings. The lowest BCUT2D eigenvalue weighted by Gasteiger charge is -2.02. The number of fused-ring (bicyclic) bond motifs is 1. The van der Waals surface area contributed by atoms with Gasteiger partial charge >= 0.3 is 0 Å². The maximum absolute atomic E-state index is 5.72. The van der Waals surface area contributed by atoms with Crippen LogP contribution in [-0.4, -0.2) is 21.6 Å². The number of imidazole rings is 1. The van der Waals surface area contributed by atoms with Crippen molar-refractivity contribution in [1.29, 1.82) is 0 Å². The van der Waals surface area contributed by atoms with E-state index in [4.69, 9.17) is 10.5 Å². The molecule has 0 spiro atoms. The third-order valence-electron chi connectivity index (χ3n) is 2.99. The fraction of sp³-hybridized carbons (Fsp3) is 0.200. The van der Waals surface area contributed by atoms with Gasteiger partial charge in [-0.2, -0.15) is 0 Å². The molecule has 0 aliphatic carbocycles. The SMILES string of the molecule is CCOc1ccc2nc(Sc3ncc(N)cc3C)[nH]c2c1. The van der Waals surface area contributed by atoms with Crippen LogP contribution < -0.4 is 10.5 Å². The van der Waals surface area contributed by atoms with Gasteiger partial charge in [0.05, 0.1) is 29.5 Å². The molecule has 0 atom stereocenters. The minimum Gasteiger partial charge on any atom is -0.494 e. The average Bonchev–Trinajstić information content (AvgIpc) is 2.84. The summed E-state index contributed by atoms with van der Waals surface area (Å²) in [5, 5.41) is 1.70. The standard InChI is InChI=1S/C15H16N4OS/c1-3-20-11-4-5-12-13(7-11)19-15(18-12)21-14-9(2)6-10(16)8-17-14/h4-8H,3,16H2,1-2H3,(H,18,19). The Balaban J connectivity index is 1.90. The molecule has 108 valence electrons. The second-order valence-corrected chi connectivity index (χ2v) is 5.62. The summed E-state index contributed by atoms with van der Waals surface area (Å²) in [4.78, 5) is 12.2. The lowest BCUT2D eigenvalue weighted by atomic mass is 10.3. The van der Waals surface area contributed by atoms with Crippen LogP contribution in [0, 0.1) is 6.92 Å². The predicted octanol–water partition coefficient (Wildman–Crippen LogP) is 3.40. The van der Waals surface area contributed by atoms with Gasteiger partial charge in [0, 0.05) is 6.07 Å². The third-order valence-corrected chi connectivity index (χ3v) is 3.99. The maximum Gasteiger partial charge on any atom is 0.172 e. The van der Waals surface area contributed by atoms with Crippen LogP contribution in [0.4, 0.5) is 5.69 Å². The molecule has 0 amide bonds. The van der Waals surface area contributed by atoms with E-state index in [1.807, 2.05) is 38.1 Å². The molecule has 2 aromatic heterocycles. The summed E-state index contributed by atoms with van der Waals surface area (Å²) in [7, 11) is 0. The summed E-state index contributed by atoms with van der Waals surface area (Å²) in [6.45, 7) is 4.60. The second kappa shape index (κ2) is 5.65. The first kappa shape index (κ1) is 13.8. The van der Waals surface area contributed by atoms with E-state index in [0.717, 1.165) is 32.5 Å². The molecule has 0 aliphatic heterocycles. The molecule has 0 radical (unpaired) electrons. The zero-order valence-corrected chi connectivity index (χ0v) is 12.7. The van der Waals surface area contributed by atoms with Gasteiger partial charge in [0.25, 0.3) is 0 Å². The average molecular weight is 300 g/mol. The number of ether oxygens (including phenoxy) is 1. The van der Waals surface area contributed by atoms with Crippen molar-refractivity contribution in [2.75, 3.05) is 12.3 Å². The Bertz CT molecular complexity index is 784. The lowest BCUT2D eigenvalue weighted by molar-refractivity contribution is 0.340. The van der Waals surface area contributed by atoms with Gasteiger partial charge in [0.2, 0.25) is 0 Å². The Kier molecular flexibility index (Phi) is 3.70. The number of aromatic amines is 1. The number of pyridine rings is 1. The molecule has 3 aromatic rings. The van der Waals surface area contributed by atoms with Crippen molar-refractivity contribution in [3.63, 3.8) is 0 Å². The summed E-state index contributed by atoms with van der Waals surface area (Å²) < 4.78 is 5.49. The molecule has 3 rings (SSSR count). The first-order valence-corrected chi connectivity index (χ1v) is 7.50. The van der Waals surface area contributed by atoms with Crippen LogP contribution in [0.5, 0.6) is 5.75 Å². The molecule has 0 bridgehead atoms. The van der Waals surface area contributed by atoms with Crippen LogP contribution in [0.15, 0.2) is 40.6 Å². The van der Waals surface area contributed by atoms with Gasteiger partial charge in [-0.25, -0.2) is 9.97 Å². The van der Waals surface area contributed by atoms with Crippen molar-refractivity contribution >= 4 is 28.5 Å². The molecular weight excluding hydrogens is 284 g/mol. The Morgan fingerprint density at radius 3 is 2.95 bits per heavy atom. The van der Waals surface area contributed by atoms with Gasteiger partial charge in [0.15, 0.2) is 5.16 Å². The molecule has 0 fully saturated rings. The molecule has 0 saturated carbocycles. The molecule has 5 nitrogen and oxygen atoms in total. The van der Waals surface area contributed by atoms with Crippen LogP contribution in [0.1, 0.15) is 12.5 Å². The number of nitrogen functional groups attached to an aromatic ring is 1. The van der Waals surface area contributed by atoms with Crippen molar-refractivity contribution in [3.8, 4) is 5.75 Å². The van der Waals surface area contributed by atoms with Gasteiger partial charge < -0.3 is 15.5 Å². The van der Waals surface area contributed by atoms with Crippen molar-refractivity contribution < 1.29 is 4.74 Å². The van der Waals surface area contributed by atoms with E-state index in [0.29, 0.717) is 12.3 Å². The van der Waals surface area contributed by atoms with Crippen molar-refractivity contribution in [3.05, 3.63) is 36.0 Å². The molecule has 1 aromatic carbocycles. The zero-order chi connectivity index (χ0) is 14.8. The third kappa shape index (κ3) is 2.95. The number of nitrogens with one attached hydrogen (secondary N) is 1. The number of hydrogen-bond acceptors (Lipinski definition) is 5. The highest BCUT2D eigenvalue weighted by Crippen LogP contribution is 2.29. The Hall–Kier alpha value is -2.21. The first-order valence-electron chi connectivity index (χ1n) is 6.68. The number of hydrogen-bond donors (Lipinski definition) is 2. The smallest absolute Gasteiger partial charge is 0.172 e. The molecule has 0 unspecified atom stereocenters. The normalized spacial score (nSPS) is 11.0. The van der Waals surface area contributed by atoms with Crippen molar-refractivity contribution in [2.24, 2.45) is 0 Å². The summed E-state index contributed by atoms with van der Waals surface area (Å²) >= 11 is 1.49. The minimum atomic E-state index is 0.649. The second-order valence-electron chi connectivity index (χ2n) is 4.65. The number of rotatable bonds is 4.